The van der Waals surface area contributed by atoms with E-state index in [0.29, 0.717) is 0 Å². The third-order valence-corrected chi connectivity index (χ3v) is 2.69. The molecule has 0 aliphatic carbocycles. The standard InChI is InChI=1S/C12H10F4N2O2/c1-20-9-3-2-8(7(6-19)11(9)13)18-5-4-10(17-18)12(14,15)16/h2-5,19H,6H2,1H3. The van der Waals surface area contributed by atoms with E-state index < -0.39 is 24.3 Å². The van der Waals surface area contributed by atoms with Crippen molar-refractivity contribution in [2.45, 2.75) is 12.8 Å². The predicted molar refractivity (Wildman–Crippen MR) is 61.0 cm³/mol. The highest BCUT2D eigenvalue weighted by Crippen LogP contribution is 2.30. The summed E-state index contributed by atoms with van der Waals surface area (Å²) in [4.78, 5) is 0. The van der Waals surface area contributed by atoms with Crippen molar-refractivity contribution < 1.29 is 27.4 Å². The van der Waals surface area contributed by atoms with Gasteiger partial charge in [-0.05, 0) is 18.2 Å². The second-order valence-corrected chi connectivity index (χ2v) is 3.88. The first-order chi connectivity index (χ1) is 9.38. The Labute approximate surface area is 111 Å². The highest BCUT2D eigenvalue weighted by Gasteiger charge is 2.33. The molecule has 0 spiro atoms. The maximum atomic E-state index is 13.9. The fraction of sp³-hybridized carbons (Fsp3) is 0.250. The molecule has 0 fully saturated rings. The molecule has 1 aromatic carbocycles. The molecule has 0 aliphatic rings. The van der Waals surface area contributed by atoms with Crippen molar-refractivity contribution in [3.05, 3.63) is 41.5 Å². The van der Waals surface area contributed by atoms with E-state index in [1.54, 1.807) is 0 Å². The van der Waals surface area contributed by atoms with E-state index >= 15 is 0 Å². The molecule has 0 saturated carbocycles. The van der Waals surface area contributed by atoms with Gasteiger partial charge in [0.2, 0.25) is 0 Å². The van der Waals surface area contributed by atoms with Crippen molar-refractivity contribution in [1.82, 2.24) is 9.78 Å². The fourth-order valence-corrected chi connectivity index (χ4v) is 1.72. The quantitative estimate of drug-likeness (QED) is 0.884. The molecular formula is C12H10F4N2O2. The summed E-state index contributed by atoms with van der Waals surface area (Å²) in [7, 11) is 1.24. The Morgan fingerprint density at radius 1 is 1.30 bits per heavy atom. The number of halogens is 4. The van der Waals surface area contributed by atoms with Gasteiger partial charge in [0.05, 0.1) is 19.4 Å². The third kappa shape index (κ3) is 2.46. The lowest BCUT2D eigenvalue weighted by Gasteiger charge is -2.11. The van der Waals surface area contributed by atoms with Gasteiger partial charge in [-0.15, -0.1) is 0 Å². The van der Waals surface area contributed by atoms with Gasteiger partial charge >= 0.3 is 6.18 Å². The smallest absolute Gasteiger partial charge is 0.435 e. The minimum Gasteiger partial charge on any atom is -0.494 e. The third-order valence-electron chi connectivity index (χ3n) is 2.69. The summed E-state index contributed by atoms with van der Waals surface area (Å²) in [5, 5.41) is 12.5. The van der Waals surface area contributed by atoms with E-state index in [9.17, 15) is 22.7 Å². The zero-order chi connectivity index (χ0) is 14.9. The normalized spacial score (nSPS) is 11.7. The molecule has 1 heterocycles. The molecule has 0 atom stereocenters. The van der Waals surface area contributed by atoms with Crippen molar-refractivity contribution in [2.75, 3.05) is 7.11 Å². The van der Waals surface area contributed by atoms with Gasteiger partial charge in [0.15, 0.2) is 17.3 Å². The Bertz CT molecular complexity index is 622. The number of ether oxygens (including phenoxy) is 1. The first-order valence-corrected chi connectivity index (χ1v) is 5.48. The fourth-order valence-electron chi connectivity index (χ4n) is 1.72. The lowest BCUT2D eigenvalue weighted by molar-refractivity contribution is -0.141. The van der Waals surface area contributed by atoms with Crippen LogP contribution in [0.1, 0.15) is 11.3 Å². The minimum atomic E-state index is -4.59. The molecule has 1 N–H and O–H groups in total. The maximum absolute atomic E-state index is 13.9. The van der Waals surface area contributed by atoms with Crippen molar-refractivity contribution in [2.24, 2.45) is 0 Å². The van der Waals surface area contributed by atoms with E-state index in [1.165, 1.54) is 19.2 Å². The maximum Gasteiger partial charge on any atom is 0.435 e. The number of nitrogens with zero attached hydrogens (tertiary/aromatic N) is 2. The average Bonchev–Trinajstić information content (AvgIpc) is 2.87. The van der Waals surface area contributed by atoms with Crippen LogP contribution in [0.4, 0.5) is 17.6 Å². The first kappa shape index (κ1) is 14.3. The van der Waals surface area contributed by atoms with Crippen LogP contribution >= 0.6 is 0 Å². The number of rotatable bonds is 3. The molecule has 0 amide bonds. The topological polar surface area (TPSA) is 47.3 Å². The van der Waals surface area contributed by atoms with Crippen LogP contribution in [0.25, 0.3) is 5.69 Å². The summed E-state index contributed by atoms with van der Waals surface area (Å²) in [5.41, 5.74) is -1.28. The van der Waals surface area contributed by atoms with Crippen LogP contribution in [0.3, 0.4) is 0 Å². The van der Waals surface area contributed by atoms with Crippen LogP contribution in [-0.2, 0) is 12.8 Å². The summed E-state index contributed by atoms with van der Waals surface area (Å²) in [6, 6.07) is 3.34. The van der Waals surface area contributed by atoms with Crippen LogP contribution in [0.2, 0.25) is 0 Å². The van der Waals surface area contributed by atoms with Gasteiger partial charge in [0.1, 0.15) is 0 Å². The molecule has 20 heavy (non-hydrogen) atoms. The largest absolute Gasteiger partial charge is 0.494 e. The number of aromatic nitrogens is 2. The second kappa shape index (κ2) is 5.12. The first-order valence-electron chi connectivity index (χ1n) is 5.48. The summed E-state index contributed by atoms with van der Waals surface area (Å²) in [6.07, 6.45) is -3.54. The van der Waals surface area contributed by atoms with Gasteiger partial charge in [-0.2, -0.15) is 18.3 Å². The number of benzene rings is 1. The molecule has 2 aromatic rings. The lowest BCUT2D eigenvalue weighted by atomic mass is 10.1. The molecule has 4 nitrogen and oxygen atoms in total. The molecule has 0 unspecified atom stereocenters. The molecule has 8 heteroatoms. The predicted octanol–water partition coefficient (Wildman–Crippen LogP) is 2.53. The van der Waals surface area contributed by atoms with E-state index in [4.69, 9.17) is 4.74 Å². The van der Waals surface area contributed by atoms with Gasteiger partial charge in [0.25, 0.3) is 0 Å². The van der Waals surface area contributed by atoms with Crippen LogP contribution in [0.15, 0.2) is 24.4 Å². The molecular weight excluding hydrogens is 280 g/mol. The Hall–Kier alpha value is -2.09. The van der Waals surface area contributed by atoms with E-state index in [2.05, 4.69) is 5.10 Å². The number of hydrogen-bond acceptors (Lipinski definition) is 3. The van der Waals surface area contributed by atoms with Crippen LogP contribution in [0.5, 0.6) is 5.75 Å². The Kier molecular flexibility index (Phi) is 3.67. The number of hydrogen-bond donors (Lipinski definition) is 1. The zero-order valence-corrected chi connectivity index (χ0v) is 10.3. The summed E-state index contributed by atoms with van der Waals surface area (Å²) in [6.45, 7) is -0.695. The Balaban J connectivity index is 2.53. The summed E-state index contributed by atoms with van der Waals surface area (Å²) in [5.74, 6) is -0.947. The van der Waals surface area contributed by atoms with Crippen molar-refractivity contribution in [3.63, 3.8) is 0 Å². The highest BCUT2D eigenvalue weighted by atomic mass is 19.4. The highest BCUT2D eigenvalue weighted by molar-refractivity contribution is 5.46. The van der Waals surface area contributed by atoms with E-state index in [1.807, 2.05) is 0 Å². The molecule has 0 saturated heterocycles. The summed E-state index contributed by atoms with van der Waals surface area (Å²) >= 11 is 0. The minimum absolute atomic E-state index is 0.0151. The van der Waals surface area contributed by atoms with E-state index in [0.717, 1.165) is 16.9 Å². The van der Waals surface area contributed by atoms with Crippen molar-refractivity contribution in [1.29, 1.82) is 0 Å². The molecule has 2 rings (SSSR count). The van der Waals surface area contributed by atoms with Crippen LogP contribution < -0.4 is 4.74 Å². The molecule has 0 aliphatic heterocycles. The number of aliphatic hydroxyl groups is 1. The van der Waals surface area contributed by atoms with Gasteiger partial charge in [-0.25, -0.2) is 9.07 Å². The number of alkyl halides is 3. The molecule has 0 bridgehead atoms. The number of aliphatic hydroxyl groups excluding tert-OH is 1. The number of methoxy groups -OCH3 is 1. The van der Waals surface area contributed by atoms with Crippen LogP contribution in [0, 0.1) is 5.82 Å². The van der Waals surface area contributed by atoms with Crippen molar-refractivity contribution >= 4 is 0 Å². The molecule has 1 aromatic heterocycles. The van der Waals surface area contributed by atoms with E-state index in [-0.39, 0.29) is 17.0 Å². The Morgan fingerprint density at radius 3 is 2.50 bits per heavy atom. The van der Waals surface area contributed by atoms with Gasteiger partial charge in [0, 0.05) is 11.8 Å². The van der Waals surface area contributed by atoms with Crippen molar-refractivity contribution in [3.8, 4) is 11.4 Å². The van der Waals surface area contributed by atoms with Crippen LogP contribution in [-0.4, -0.2) is 22.0 Å². The summed E-state index contributed by atoms with van der Waals surface area (Å²) < 4.78 is 56.9. The lowest BCUT2D eigenvalue weighted by Crippen LogP contribution is -2.09. The second-order valence-electron chi connectivity index (χ2n) is 3.88. The average molecular weight is 290 g/mol. The zero-order valence-electron chi connectivity index (χ0n) is 10.3. The molecule has 0 radical (unpaired) electrons. The van der Waals surface area contributed by atoms with Gasteiger partial charge in [-0.1, -0.05) is 0 Å². The monoisotopic (exact) mass is 290 g/mol. The van der Waals surface area contributed by atoms with Gasteiger partial charge < -0.3 is 9.84 Å². The SMILES string of the molecule is COc1ccc(-n2ccc(C(F)(F)F)n2)c(CO)c1F. The Morgan fingerprint density at radius 2 is 2.00 bits per heavy atom. The molecule has 108 valence electrons. The van der Waals surface area contributed by atoms with Gasteiger partial charge in [-0.3, -0.25) is 0 Å².